The number of carbonyl (C=O) groups excluding carboxylic acids is 3. The first kappa shape index (κ1) is 18.1. The van der Waals surface area contributed by atoms with Crippen LogP contribution in [0.25, 0.3) is 0 Å². The number of amides is 3. The van der Waals surface area contributed by atoms with Crippen molar-refractivity contribution in [3.8, 4) is 0 Å². The van der Waals surface area contributed by atoms with E-state index in [0.29, 0.717) is 31.2 Å². The SMILES string of the molecule is O=CN1CCN(C(=O)O[C@@H]2c3nccnc3C(=O)N2c2ccc(Cl)cn2)CC1. The second kappa shape index (κ2) is 7.39. The van der Waals surface area contributed by atoms with Crippen molar-refractivity contribution in [3.63, 3.8) is 0 Å². The van der Waals surface area contributed by atoms with Crippen LogP contribution in [0, 0.1) is 0 Å². The third-order valence-corrected chi connectivity index (χ3v) is 4.73. The largest absolute Gasteiger partial charge is 0.419 e. The zero-order valence-electron chi connectivity index (χ0n) is 14.6. The third kappa shape index (κ3) is 3.22. The molecule has 1 atom stereocenters. The molecule has 2 aliphatic rings. The molecule has 0 spiro atoms. The molecule has 2 aliphatic heterocycles. The number of rotatable bonds is 3. The number of halogens is 1. The fourth-order valence-electron chi connectivity index (χ4n) is 3.06. The normalized spacial score (nSPS) is 18.8. The van der Waals surface area contributed by atoms with E-state index in [4.69, 9.17) is 16.3 Å². The summed E-state index contributed by atoms with van der Waals surface area (Å²) in [6.45, 7) is 1.51. The van der Waals surface area contributed by atoms with E-state index in [1.54, 1.807) is 17.0 Å². The number of aromatic nitrogens is 3. The highest BCUT2D eigenvalue weighted by atomic mass is 35.5. The molecule has 0 saturated carbocycles. The number of nitrogens with zero attached hydrogens (tertiary/aromatic N) is 6. The van der Waals surface area contributed by atoms with Crippen molar-refractivity contribution in [2.75, 3.05) is 31.1 Å². The summed E-state index contributed by atoms with van der Waals surface area (Å²) in [5.41, 5.74) is 0.340. The van der Waals surface area contributed by atoms with Gasteiger partial charge in [-0.2, -0.15) is 0 Å². The van der Waals surface area contributed by atoms with Gasteiger partial charge in [-0.15, -0.1) is 0 Å². The average molecular weight is 403 g/mol. The molecular formula is C17H15ClN6O4. The minimum atomic E-state index is -1.10. The second-order valence-electron chi connectivity index (χ2n) is 6.16. The van der Waals surface area contributed by atoms with Crippen molar-refractivity contribution < 1.29 is 19.1 Å². The smallest absolute Gasteiger partial charge is 0.412 e. The van der Waals surface area contributed by atoms with Gasteiger partial charge in [0.1, 0.15) is 11.5 Å². The van der Waals surface area contributed by atoms with E-state index in [1.165, 1.54) is 28.4 Å². The fourth-order valence-corrected chi connectivity index (χ4v) is 3.17. The van der Waals surface area contributed by atoms with E-state index in [1.807, 2.05) is 0 Å². The van der Waals surface area contributed by atoms with Crippen molar-refractivity contribution in [2.45, 2.75) is 6.23 Å². The highest BCUT2D eigenvalue weighted by molar-refractivity contribution is 6.30. The predicted octanol–water partition coefficient (Wildman–Crippen LogP) is 1.09. The summed E-state index contributed by atoms with van der Waals surface area (Å²) in [7, 11) is 0. The van der Waals surface area contributed by atoms with E-state index in [9.17, 15) is 14.4 Å². The highest BCUT2D eigenvalue weighted by Crippen LogP contribution is 2.35. The Morgan fingerprint density at radius 2 is 1.89 bits per heavy atom. The monoisotopic (exact) mass is 402 g/mol. The Morgan fingerprint density at radius 1 is 1.14 bits per heavy atom. The molecule has 0 N–H and O–H groups in total. The molecule has 28 heavy (non-hydrogen) atoms. The van der Waals surface area contributed by atoms with Crippen molar-refractivity contribution in [3.05, 3.63) is 47.1 Å². The first-order valence-corrected chi connectivity index (χ1v) is 8.87. The van der Waals surface area contributed by atoms with Crippen LogP contribution in [-0.4, -0.2) is 69.3 Å². The molecule has 0 bridgehead atoms. The molecule has 144 valence electrons. The minimum Gasteiger partial charge on any atom is -0.419 e. The first-order chi connectivity index (χ1) is 13.6. The number of carbonyl (C=O) groups is 3. The lowest BCUT2D eigenvalue weighted by Gasteiger charge is -2.33. The molecule has 0 unspecified atom stereocenters. The van der Waals surface area contributed by atoms with E-state index in [0.717, 1.165) is 6.41 Å². The van der Waals surface area contributed by atoms with Gasteiger partial charge in [-0.05, 0) is 12.1 Å². The molecule has 1 fully saturated rings. The molecule has 1 saturated heterocycles. The number of fused-ring (bicyclic) bond motifs is 1. The van der Waals surface area contributed by atoms with Crippen LogP contribution in [0.5, 0.6) is 0 Å². The Balaban J connectivity index is 1.60. The summed E-state index contributed by atoms with van der Waals surface area (Å²) in [6.07, 6.45) is 3.26. The molecular weight excluding hydrogens is 388 g/mol. The number of hydrogen-bond donors (Lipinski definition) is 0. The predicted molar refractivity (Wildman–Crippen MR) is 96.5 cm³/mol. The quantitative estimate of drug-likeness (QED) is 0.707. The average Bonchev–Trinajstić information content (AvgIpc) is 3.01. The Hall–Kier alpha value is -3.27. The molecule has 0 aliphatic carbocycles. The maximum Gasteiger partial charge on any atom is 0.412 e. The molecule has 2 aromatic rings. The summed E-state index contributed by atoms with van der Waals surface area (Å²) in [4.78, 5) is 53.0. The zero-order valence-corrected chi connectivity index (χ0v) is 15.3. The van der Waals surface area contributed by atoms with E-state index in [2.05, 4.69) is 15.0 Å². The van der Waals surface area contributed by atoms with Crippen LogP contribution in [0.2, 0.25) is 5.02 Å². The van der Waals surface area contributed by atoms with Gasteiger partial charge in [-0.3, -0.25) is 14.6 Å². The van der Waals surface area contributed by atoms with Gasteiger partial charge in [0, 0.05) is 44.8 Å². The van der Waals surface area contributed by atoms with Crippen LogP contribution in [0.15, 0.2) is 30.7 Å². The van der Waals surface area contributed by atoms with Crippen LogP contribution >= 0.6 is 11.6 Å². The molecule has 4 heterocycles. The summed E-state index contributed by atoms with van der Waals surface area (Å²) < 4.78 is 5.62. The van der Waals surface area contributed by atoms with Crippen LogP contribution < -0.4 is 4.90 Å². The molecule has 0 aromatic carbocycles. The van der Waals surface area contributed by atoms with Gasteiger partial charge >= 0.3 is 6.09 Å². The van der Waals surface area contributed by atoms with Gasteiger partial charge in [-0.1, -0.05) is 11.6 Å². The highest BCUT2D eigenvalue weighted by Gasteiger charge is 2.44. The third-order valence-electron chi connectivity index (χ3n) is 4.51. The maximum absolute atomic E-state index is 12.8. The second-order valence-corrected chi connectivity index (χ2v) is 6.60. The van der Waals surface area contributed by atoms with Gasteiger partial charge in [0.2, 0.25) is 12.6 Å². The first-order valence-electron chi connectivity index (χ1n) is 8.49. The van der Waals surface area contributed by atoms with Crippen LogP contribution in [0.4, 0.5) is 10.6 Å². The summed E-state index contributed by atoms with van der Waals surface area (Å²) in [5, 5.41) is 0.408. The molecule has 2 aromatic heterocycles. The van der Waals surface area contributed by atoms with Crippen molar-refractivity contribution in [1.29, 1.82) is 0 Å². The van der Waals surface area contributed by atoms with Crippen molar-refractivity contribution in [2.24, 2.45) is 0 Å². The number of piperazine rings is 1. The van der Waals surface area contributed by atoms with E-state index < -0.39 is 18.2 Å². The lowest BCUT2D eigenvalue weighted by molar-refractivity contribution is -0.119. The standard InChI is InChI=1S/C17H15ClN6O4/c18-11-1-2-12(21-9-11)24-15(26)13-14(20-4-3-19-13)16(24)28-17(27)23-7-5-22(10-25)6-8-23/h1-4,9-10,16H,5-8H2/t16-/m1/s1. The van der Waals surface area contributed by atoms with Crippen LogP contribution in [-0.2, 0) is 9.53 Å². The number of hydrogen-bond acceptors (Lipinski definition) is 7. The van der Waals surface area contributed by atoms with Crippen LogP contribution in [0.3, 0.4) is 0 Å². The Bertz CT molecular complexity index is 916. The Morgan fingerprint density at radius 3 is 2.57 bits per heavy atom. The van der Waals surface area contributed by atoms with Crippen molar-refractivity contribution in [1.82, 2.24) is 24.8 Å². The zero-order chi connectivity index (χ0) is 19.7. The van der Waals surface area contributed by atoms with Gasteiger partial charge in [-0.25, -0.2) is 19.7 Å². The molecule has 10 nitrogen and oxygen atoms in total. The topological polar surface area (TPSA) is 109 Å². The lowest BCUT2D eigenvalue weighted by atomic mass is 10.3. The van der Waals surface area contributed by atoms with Crippen LogP contribution in [0.1, 0.15) is 22.4 Å². The molecule has 11 heteroatoms. The molecule has 3 amide bonds. The number of anilines is 1. The summed E-state index contributed by atoms with van der Waals surface area (Å²) in [5.74, 6) is -0.209. The van der Waals surface area contributed by atoms with Gasteiger partial charge in [0.25, 0.3) is 5.91 Å². The number of pyridine rings is 1. The minimum absolute atomic E-state index is 0.0998. The van der Waals surface area contributed by atoms with Gasteiger partial charge < -0.3 is 14.5 Å². The maximum atomic E-state index is 12.8. The number of ether oxygens (including phenoxy) is 1. The van der Waals surface area contributed by atoms with Gasteiger partial charge in [0.15, 0.2) is 5.69 Å². The summed E-state index contributed by atoms with van der Waals surface area (Å²) >= 11 is 5.88. The molecule has 0 radical (unpaired) electrons. The Kier molecular flexibility index (Phi) is 4.78. The summed E-state index contributed by atoms with van der Waals surface area (Å²) in [6, 6.07) is 3.13. The van der Waals surface area contributed by atoms with Gasteiger partial charge in [0.05, 0.1) is 5.02 Å². The van der Waals surface area contributed by atoms with E-state index in [-0.39, 0.29) is 17.2 Å². The van der Waals surface area contributed by atoms with E-state index >= 15 is 0 Å². The fraction of sp³-hybridized carbons (Fsp3) is 0.294. The molecule has 4 rings (SSSR count). The van der Waals surface area contributed by atoms with Crippen molar-refractivity contribution >= 4 is 35.8 Å². The lowest BCUT2D eigenvalue weighted by Crippen LogP contribution is -2.49. The Labute approximate surface area is 164 Å².